The predicted molar refractivity (Wildman–Crippen MR) is 68.3 cm³/mol. The topological polar surface area (TPSA) is 55.1 Å². The second kappa shape index (κ2) is 5.06. The minimum absolute atomic E-state index is 0.183. The van der Waals surface area contributed by atoms with Crippen molar-refractivity contribution in [2.24, 2.45) is 5.73 Å². The van der Waals surface area contributed by atoms with Crippen LogP contribution in [0.5, 0.6) is 0 Å². The average Bonchev–Trinajstić information content (AvgIpc) is 3.10. The van der Waals surface area contributed by atoms with Gasteiger partial charge in [-0.2, -0.15) is 0 Å². The molecular formula is C14H19FN2O. The zero-order valence-corrected chi connectivity index (χ0v) is 10.6. The standard InChI is InChI=1S/C14H19FN2O/c1-2-5-12(16)13(18)17-14(8-9-14)10-6-3-4-7-11(10)15/h3-4,6-7,12H,2,5,8-9,16H2,1H3,(H,17,18). The third-order valence-corrected chi connectivity index (χ3v) is 3.44. The van der Waals surface area contributed by atoms with E-state index in [1.54, 1.807) is 18.2 Å². The molecule has 3 N–H and O–H groups in total. The molecule has 0 bridgehead atoms. The average molecular weight is 250 g/mol. The fourth-order valence-electron chi connectivity index (χ4n) is 2.21. The number of rotatable bonds is 5. The normalized spacial score (nSPS) is 18.2. The SMILES string of the molecule is CCCC(N)C(=O)NC1(c2ccccc2F)CC1. The lowest BCUT2D eigenvalue weighted by molar-refractivity contribution is -0.123. The van der Waals surface area contributed by atoms with Crippen LogP contribution in [0.3, 0.4) is 0 Å². The molecule has 1 aliphatic rings. The van der Waals surface area contributed by atoms with E-state index >= 15 is 0 Å². The highest BCUT2D eigenvalue weighted by molar-refractivity contribution is 5.82. The third kappa shape index (κ3) is 2.53. The summed E-state index contributed by atoms with van der Waals surface area (Å²) < 4.78 is 13.7. The number of hydrogen-bond donors (Lipinski definition) is 2. The monoisotopic (exact) mass is 250 g/mol. The third-order valence-electron chi connectivity index (χ3n) is 3.44. The number of benzene rings is 1. The van der Waals surface area contributed by atoms with Crippen LogP contribution < -0.4 is 11.1 Å². The number of carbonyl (C=O) groups is 1. The van der Waals surface area contributed by atoms with E-state index in [4.69, 9.17) is 5.73 Å². The summed E-state index contributed by atoms with van der Waals surface area (Å²) in [5, 5.41) is 2.91. The summed E-state index contributed by atoms with van der Waals surface area (Å²) in [5.41, 5.74) is 5.82. The van der Waals surface area contributed by atoms with E-state index in [0.717, 1.165) is 19.3 Å². The number of amides is 1. The number of nitrogens with one attached hydrogen (secondary N) is 1. The number of carbonyl (C=O) groups excluding carboxylic acids is 1. The van der Waals surface area contributed by atoms with Crippen LogP contribution in [0.2, 0.25) is 0 Å². The van der Waals surface area contributed by atoms with Crippen LogP contribution in [0.25, 0.3) is 0 Å². The van der Waals surface area contributed by atoms with Crippen LogP contribution in [0.4, 0.5) is 4.39 Å². The van der Waals surface area contributed by atoms with E-state index in [1.807, 2.05) is 6.92 Å². The van der Waals surface area contributed by atoms with Gasteiger partial charge in [0.15, 0.2) is 0 Å². The molecule has 0 aromatic heterocycles. The Labute approximate surface area is 107 Å². The van der Waals surface area contributed by atoms with Gasteiger partial charge < -0.3 is 11.1 Å². The minimum atomic E-state index is -0.520. The summed E-state index contributed by atoms with van der Waals surface area (Å²) in [4.78, 5) is 11.9. The van der Waals surface area contributed by atoms with Crippen molar-refractivity contribution < 1.29 is 9.18 Å². The molecule has 0 spiro atoms. The first-order valence-corrected chi connectivity index (χ1v) is 6.41. The molecule has 0 radical (unpaired) electrons. The lowest BCUT2D eigenvalue weighted by Gasteiger charge is -2.21. The molecule has 0 heterocycles. The van der Waals surface area contributed by atoms with Gasteiger partial charge in [0.2, 0.25) is 5.91 Å². The second-order valence-corrected chi connectivity index (χ2v) is 4.95. The molecule has 4 heteroatoms. The maximum atomic E-state index is 13.7. The first-order chi connectivity index (χ1) is 8.59. The van der Waals surface area contributed by atoms with E-state index < -0.39 is 11.6 Å². The molecule has 0 aliphatic heterocycles. The molecule has 1 atom stereocenters. The van der Waals surface area contributed by atoms with Crippen molar-refractivity contribution in [1.82, 2.24) is 5.32 Å². The Morgan fingerprint density at radius 2 is 2.17 bits per heavy atom. The van der Waals surface area contributed by atoms with Gasteiger partial charge in [0.05, 0.1) is 11.6 Å². The Balaban J connectivity index is 2.09. The fourth-order valence-corrected chi connectivity index (χ4v) is 2.21. The van der Waals surface area contributed by atoms with Gasteiger partial charge in [-0.3, -0.25) is 4.79 Å². The molecule has 98 valence electrons. The summed E-state index contributed by atoms with van der Waals surface area (Å²) in [6.07, 6.45) is 3.07. The highest BCUT2D eigenvalue weighted by Crippen LogP contribution is 2.46. The molecule has 1 unspecified atom stereocenters. The van der Waals surface area contributed by atoms with Gasteiger partial charge in [0.25, 0.3) is 0 Å². The van der Waals surface area contributed by atoms with Gasteiger partial charge >= 0.3 is 0 Å². The summed E-state index contributed by atoms with van der Waals surface area (Å²) in [6, 6.07) is 6.09. The first-order valence-electron chi connectivity index (χ1n) is 6.41. The van der Waals surface area contributed by atoms with E-state index in [9.17, 15) is 9.18 Å². The van der Waals surface area contributed by atoms with Crippen LogP contribution >= 0.6 is 0 Å². The molecule has 2 rings (SSSR count). The Hall–Kier alpha value is -1.42. The molecule has 1 aromatic rings. The predicted octanol–water partition coefficient (Wildman–Crippen LogP) is 2.06. The molecule has 18 heavy (non-hydrogen) atoms. The molecule has 1 aliphatic carbocycles. The van der Waals surface area contributed by atoms with Crippen LogP contribution in [-0.4, -0.2) is 11.9 Å². The Morgan fingerprint density at radius 3 is 2.72 bits per heavy atom. The van der Waals surface area contributed by atoms with Crippen molar-refractivity contribution in [3.63, 3.8) is 0 Å². The zero-order valence-electron chi connectivity index (χ0n) is 10.6. The quantitative estimate of drug-likeness (QED) is 0.840. The van der Waals surface area contributed by atoms with E-state index in [0.29, 0.717) is 12.0 Å². The fraction of sp³-hybridized carbons (Fsp3) is 0.500. The summed E-state index contributed by atoms with van der Waals surface area (Å²) in [5.74, 6) is -0.447. The van der Waals surface area contributed by atoms with Gasteiger partial charge in [0, 0.05) is 5.56 Å². The van der Waals surface area contributed by atoms with Crippen molar-refractivity contribution in [2.75, 3.05) is 0 Å². The molecule has 0 saturated heterocycles. The molecule has 1 saturated carbocycles. The highest BCUT2D eigenvalue weighted by Gasteiger charge is 2.47. The van der Waals surface area contributed by atoms with Crippen molar-refractivity contribution in [1.29, 1.82) is 0 Å². The molecule has 1 amide bonds. The number of halogens is 1. The summed E-state index contributed by atoms with van der Waals surface area (Å²) >= 11 is 0. The lowest BCUT2D eigenvalue weighted by atomic mass is 10.0. The molecule has 1 aromatic carbocycles. The Bertz CT molecular complexity index is 443. The van der Waals surface area contributed by atoms with Crippen LogP contribution in [0, 0.1) is 5.82 Å². The maximum absolute atomic E-state index is 13.7. The van der Waals surface area contributed by atoms with Gasteiger partial charge in [0.1, 0.15) is 5.82 Å². The van der Waals surface area contributed by atoms with Crippen LogP contribution in [-0.2, 0) is 10.3 Å². The van der Waals surface area contributed by atoms with E-state index in [2.05, 4.69) is 5.32 Å². The molecule has 1 fully saturated rings. The summed E-state index contributed by atoms with van der Waals surface area (Å²) in [6.45, 7) is 1.98. The van der Waals surface area contributed by atoms with Gasteiger partial charge in [-0.1, -0.05) is 31.5 Å². The number of hydrogen-bond acceptors (Lipinski definition) is 2. The van der Waals surface area contributed by atoms with Crippen molar-refractivity contribution in [3.05, 3.63) is 35.6 Å². The zero-order chi connectivity index (χ0) is 13.2. The van der Waals surface area contributed by atoms with E-state index in [1.165, 1.54) is 6.07 Å². The largest absolute Gasteiger partial charge is 0.345 e. The minimum Gasteiger partial charge on any atom is -0.345 e. The first kappa shape index (κ1) is 13.0. The maximum Gasteiger partial charge on any atom is 0.237 e. The Kier molecular flexibility index (Phi) is 3.66. The second-order valence-electron chi connectivity index (χ2n) is 4.95. The summed E-state index contributed by atoms with van der Waals surface area (Å²) in [7, 11) is 0. The molecular weight excluding hydrogens is 231 g/mol. The number of nitrogens with two attached hydrogens (primary N) is 1. The smallest absolute Gasteiger partial charge is 0.237 e. The molecule has 3 nitrogen and oxygen atoms in total. The van der Waals surface area contributed by atoms with Crippen LogP contribution in [0.1, 0.15) is 38.2 Å². The van der Waals surface area contributed by atoms with Crippen molar-refractivity contribution >= 4 is 5.91 Å². The van der Waals surface area contributed by atoms with Crippen molar-refractivity contribution in [2.45, 2.75) is 44.2 Å². The van der Waals surface area contributed by atoms with E-state index in [-0.39, 0.29) is 11.7 Å². The van der Waals surface area contributed by atoms with Gasteiger partial charge in [-0.25, -0.2) is 4.39 Å². The lowest BCUT2D eigenvalue weighted by Crippen LogP contribution is -2.45. The van der Waals surface area contributed by atoms with Gasteiger partial charge in [-0.15, -0.1) is 0 Å². The van der Waals surface area contributed by atoms with Gasteiger partial charge in [-0.05, 0) is 25.3 Å². The van der Waals surface area contributed by atoms with Crippen molar-refractivity contribution in [3.8, 4) is 0 Å². The van der Waals surface area contributed by atoms with Crippen LogP contribution in [0.15, 0.2) is 24.3 Å². The highest BCUT2D eigenvalue weighted by atomic mass is 19.1. The Morgan fingerprint density at radius 1 is 1.50 bits per heavy atom.